The van der Waals surface area contributed by atoms with Gasteiger partial charge >= 0.3 is 5.97 Å². The smallest absolute Gasteiger partial charge is 0.339 e. The molecule has 4 rings (SSSR count). The van der Waals surface area contributed by atoms with Crippen LogP contribution in [0.3, 0.4) is 0 Å². The standard InChI is InChI=1S/C19H19NO5S/c1-24-16-9-4-5-10-17(16)26(22,23)20-12-6-11-19(13-20)15-8-3-2-7-14(15)18(21)25-19/h2-5,7-10H,6,11-13H2,1H3. The van der Waals surface area contributed by atoms with E-state index in [9.17, 15) is 13.2 Å². The average molecular weight is 373 g/mol. The van der Waals surface area contributed by atoms with Gasteiger partial charge in [0, 0.05) is 12.1 Å². The molecular formula is C19H19NO5S. The van der Waals surface area contributed by atoms with Gasteiger partial charge in [-0.25, -0.2) is 13.2 Å². The number of methoxy groups -OCH3 is 1. The number of ether oxygens (including phenoxy) is 2. The van der Waals surface area contributed by atoms with Gasteiger partial charge < -0.3 is 9.47 Å². The van der Waals surface area contributed by atoms with Crippen molar-refractivity contribution in [2.45, 2.75) is 23.3 Å². The number of fused-ring (bicyclic) bond motifs is 2. The third kappa shape index (κ3) is 2.50. The predicted octanol–water partition coefficient (Wildman–Crippen LogP) is 2.55. The second-order valence-electron chi connectivity index (χ2n) is 6.52. The summed E-state index contributed by atoms with van der Waals surface area (Å²) >= 11 is 0. The van der Waals surface area contributed by atoms with Gasteiger partial charge in [-0.05, 0) is 31.0 Å². The zero-order valence-electron chi connectivity index (χ0n) is 14.3. The normalized spacial score (nSPS) is 22.9. The van der Waals surface area contributed by atoms with Crippen LogP contribution < -0.4 is 4.74 Å². The molecule has 26 heavy (non-hydrogen) atoms. The molecule has 2 aliphatic rings. The van der Waals surface area contributed by atoms with Crippen molar-refractivity contribution in [3.05, 3.63) is 59.7 Å². The van der Waals surface area contributed by atoms with Crippen molar-refractivity contribution >= 4 is 16.0 Å². The van der Waals surface area contributed by atoms with Crippen LogP contribution >= 0.6 is 0 Å². The quantitative estimate of drug-likeness (QED) is 0.773. The largest absolute Gasteiger partial charge is 0.495 e. The maximum absolute atomic E-state index is 13.2. The minimum absolute atomic E-state index is 0.107. The minimum atomic E-state index is -3.77. The molecule has 1 spiro atoms. The molecule has 0 bridgehead atoms. The molecule has 0 aliphatic carbocycles. The number of hydrogen-bond acceptors (Lipinski definition) is 5. The lowest BCUT2D eigenvalue weighted by atomic mass is 9.86. The van der Waals surface area contributed by atoms with E-state index in [4.69, 9.17) is 9.47 Å². The highest BCUT2D eigenvalue weighted by atomic mass is 32.2. The summed E-state index contributed by atoms with van der Waals surface area (Å²) in [4.78, 5) is 12.4. The van der Waals surface area contributed by atoms with Crippen LogP contribution in [0.4, 0.5) is 0 Å². The number of rotatable bonds is 3. The second kappa shape index (κ2) is 6.10. The van der Waals surface area contributed by atoms with Gasteiger partial charge in [0.15, 0.2) is 5.60 Å². The van der Waals surface area contributed by atoms with E-state index < -0.39 is 21.6 Å². The maximum Gasteiger partial charge on any atom is 0.339 e. The Morgan fingerprint density at radius 2 is 1.85 bits per heavy atom. The summed E-state index contributed by atoms with van der Waals surface area (Å²) in [7, 11) is -2.33. The lowest BCUT2D eigenvalue weighted by Gasteiger charge is -2.38. The molecule has 136 valence electrons. The van der Waals surface area contributed by atoms with Crippen LogP contribution in [0, 0.1) is 0 Å². The highest BCUT2D eigenvalue weighted by Crippen LogP contribution is 2.44. The second-order valence-corrected chi connectivity index (χ2v) is 8.43. The van der Waals surface area contributed by atoms with Crippen LogP contribution in [-0.4, -0.2) is 38.9 Å². The van der Waals surface area contributed by atoms with E-state index in [1.54, 1.807) is 30.3 Å². The number of sulfonamides is 1. The third-order valence-corrected chi connectivity index (χ3v) is 6.92. The zero-order valence-corrected chi connectivity index (χ0v) is 15.2. The summed E-state index contributed by atoms with van der Waals surface area (Å²) < 4.78 is 38.7. The minimum Gasteiger partial charge on any atom is -0.495 e. The zero-order chi connectivity index (χ0) is 18.4. The lowest BCUT2D eigenvalue weighted by Crippen LogP contribution is -2.48. The number of carbonyl (C=O) groups is 1. The number of hydrogen-bond donors (Lipinski definition) is 0. The first kappa shape index (κ1) is 17.1. The molecular weight excluding hydrogens is 354 g/mol. The van der Waals surface area contributed by atoms with Crippen molar-refractivity contribution in [2.75, 3.05) is 20.2 Å². The van der Waals surface area contributed by atoms with Gasteiger partial charge in [-0.2, -0.15) is 4.31 Å². The van der Waals surface area contributed by atoms with Crippen molar-refractivity contribution < 1.29 is 22.7 Å². The Balaban J connectivity index is 1.73. The monoisotopic (exact) mass is 373 g/mol. The Kier molecular flexibility index (Phi) is 4.00. The van der Waals surface area contributed by atoms with Crippen molar-refractivity contribution in [1.82, 2.24) is 4.31 Å². The predicted molar refractivity (Wildman–Crippen MR) is 94.5 cm³/mol. The molecule has 1 atom stereocenters. The summed E-state index contributed by atoms with van der Waals surface area (Å²) in [5.74, 6) is -0.0897. The Morgan fingerprint density at radius 1 is 1.12 bits per heavy atom. The Bertz CT molecular complexity index is 971. The van der Waals surface area contributed by atoms with Crippen LogP contribution in [0.1, 0.15) is 28.8 Å². The van der Waals surface area contributed by atoms with Crippen LogP contribution in [0.25, 0.3) is 0 Å². The van der Waals surface area contributed by atoms with E-state index in [0.29, 0.717) is 30.7 Å². The Hall–Kier alpha value is -2.38. The molecule has 0 aromatic heterocycles. The van der Waals surface area contributed by atoms with E-state index in [1.165, 1.54) is 17.5 Å². The highest BCUT2D eigenvalue weighted by molar-refractivity contribution is 7.89. The lowest BCUT2D eigenvalue weighted by molar-refractivity contribution is -0.0345. The Labute approximate surface area is 152 Å². The molecule has 1 saturated heterocycles. The number of piperidine rings is 1. The van der Waals surface area contributed by atoms with E-state index in [2.05, 4.69) is 0 Å². The Morgan fingerprint density at radius 3 is 2.65 bits per heavy atom. The molecule has 2 heterocycles. The topological polar surface area (TPSA) is 72.9 Å². The van der Waals surface area contributed by atoms with Crippen molar-refractivity contribution in [3.8, 4) is 5.75 Å². The van der Waals surface area contributed by atoms with E-state index in [-0.39, 0.29) is 11.4 Å². The first-order valence-corrected chi connectivity index (χ1v) is 9.88. The van der Waals surface area contributed by atoms with Crippen LogP contribution in [0.2, 0.25) is 0 Å². The molecule has 2 aromatic carbocycles. The fourth-order valence-electron chi connectivity index (χ4n) is 3.81. The van der Waals surface area contributed by atoms with Gasteiger partial charge in [0.2, 0.25) is 10.0 Å². The van der Waals surface area contributed by atoms with Gasteiger partial charge in [0.25, 0.3) is 0 Å². The van der Waals surface area contributed by atoms with Crippen molar-refractivity contribution in [1.29, 1.82) is 0 Å². The van der Waals surface area contributed by atoms with Gasteiger partial charge in [0.05, 0.1) is 19.2 Å². The first-order valence-electron chi connectivity index (χ1n) is 8.44. The number of benzene rings is 2. The van der Waals surface area contributed by atoms with Crippen molar-refractivity contribution in [2.24, 2.45) is 0 Å². The maximum atomic E-state index is 13.2. The summed E-state index contributed by atoms with van der Waals surface area (Å²) in [6.45, 7) is 0.484. The summed E-state index contributed by atoms with van der Waals surface area (Å²) in [5.41, 5.74) is 0.370. The molecule has 0 amide bonds. The summed E-state index contributed by atoms with van der Waals surface area (Å²) in [6.07, 6.45) is 1.21. The molecule has 2 aliphatic heterocycles. The fraction of sp³-hybridized carbons (Fsp3) is 0.316. The molecule has 2 aromatic rings. The number of para-hydroxylation sites is 1. The SMILES string of the molecule is COc1ccccc1S(=O)(=O)N1CCCC2(C1)OC(=O)c1ccccc12. The molecule has 1 fully saturated rings. The molecule has 0 N–H and O–H groups in total. The summed E-state index contributed by atoms with van der Waals surface area (Å²) in [6, 6.07) is 13.7. The highest BCUT2D eigenvalue weighted by Gasteiger charge is 2.50. The third-order valence-electron chi connectivity index (χ3n) is 5.03. The van der Waals surface area contributed by atoms with Crippen molar-refractivity contribution in [3.63, 3.8) is 0 Å². The molecule has 0 saturated carbocycles. The number of nitrogens with zero attached hydrogens (tertiary/aromatic N) is 1. The van der Waals surface area contributed by atoms with E-state index >= 15 is 0 Å². The summed E-state index contributed by atoms with van der Waals surface area (Å²) in [5, 5.41) is 0. The van der Waals surface area contributed by atoms with Gasteiger partial charge in [-0.3, -0.25) is 0 Å². The van der Waals surface area contributed by atoms with Crippen LogP contribution in [0.15, 0.2) is 53.4 Å². The van der Waals surface area contributed by atoms with E-state index in [0.717, 1.165) is 5.56 Å². The first-order chi connectivity index (χ1) is 12.5. The van der Waals surface area contributed by atoms with Crippen LogP contribution in [-0.2, 0) is 20.4 Å². The van der Waals surface area contributed by atoms with Gasteiger partial charge in [-0.1, -0.05) is 30.3 Å². The van der Waals surface area contributed by atoms with Gasteiger partial charge in [-0.15, -0.1) is 0 Å². The average Bonchev–Trinajstić information content (AvgIpc) is 2.93. The number of carbonyl (C=O) groups excluding carboxylic acids is 1. The van der Waals surface area contributed by atoms with Crippen LogP contribution in [0.5, 0.6) is 5.75 Å². The molecule has 1 unspecified atom stereocenters. The fourth-order valence-corrected chi connectivity index (χ4v) is 5.49. The van der Waals surface area contributed by atoms with Gasteiger partial charge in [0.1, 0.15) is 10.6 Å². The van der Waals surface area contributed by atoms with E-state index in [1.807, 2.05) is 12.1 Å². The number of esters is 1. The molecule has 7 heteroatoms. The molecule has 6 nitrogen and oxygen atoms in total. The molecule has 0 radical (unpaired) electrons.